The predicted molar refractivity (Wildman–Crippen MR) is 78.2 cm³/mol. The van der Waals surface area contributed by atoms with Crippen LogP contribution in [0.3, 0.4) is 0 Å². The summed E-state index contributed by atoms with van der Waals surface area (Å²) >= 11 is 0. The second kappa shape index (κ2) is 5.41. The molecule has 1 aromatic heterocycles. The van der Waals surface area contributed by atoms with Crippen LogP contribution in [0.25, 0.3) is 0 Å². The summed E-state index contributed by atoms with van der Waals surface area (Å²) in [6.45, 7) is 7.71. The molecular weight excluding hydrogens is 252 g/mol. The topological polar surface area (TPSA) is 52.0 Å². The number of aryl methyl sites for hydroxylation is 4. The number of hydrogen-bond donors (Lipinski definition) is 0. The Labute approximate surface area is 118 Å². The number of ketones is 1. The standard InChI is InChI=1S/C16H18N2O2/c1-10-5-12(3)15(13(4)6-10)14(19)9-18-8-11(2)7-17-16(18)20/h5-8H,9H2,1-4H3. The molecule has 0 saturated heterocycles. The highest BCUT2D eigenvalue weighted by molar-refractivity contribution is 5.98. The number of benzene rings is 1. The fourth-order valence-corrected chi connectivity index (χ4v) is 2.53. The summed E-state index contributed by atoms with van der Waals surface area (Å²) in [5, 5.41) is 0. The van der Waals surface area contributed by atoms with Crippen molar-refractivity contribution in [3.05, 3.63) is 62.8 Å². The summed E-state index contributed by atoms with van der Waals surface area (Å²) in [6.07, 6.45) is 3.16. The first-order valence-electron chi connectivity index (χ1n) is 6.52. The molecule has 104 valence electrons. The monoisotopic (exact) mass is 270 g/mol. The number of rotatable bonds is 3. The molecule has 2 aromatic rings. The van der Waals surface area contributed by atoms with Gasteiger partial charge in [-0.3, -0.25) is 9.36 Å². The highest BCUT2D eigenvalue weighted by Gasteiger charge is 2.14. The SMILES string of the molecule is Cc1cc(C)c(C(=O)Cn2cc(C)cnc2=O)c(C)c1. The average molecular weight is 270 g/mol. The molecule has 0 radical (unpaired) electrons. The number of carbonyl (C=O) groups excluding carboxylic acids is 1. The predicted octanol–water partition coefficient (Wildman–Crippen LogP) is 2.36. The van der Waals surface area contributed by atoms with Crippen molar-refractivity contribution in [3.8, 4) is 0 Å². The number of nitrogens with zero attached hydrogens (tertiary/aromatic N) is 2. The van der Waals surface area contributed by atoms with E-state index in [9.17, 15) is 9.59 Å². The fraction of sp³-hybridized carbons (Fsp3) is 0.312. The maximum atomic E-state index is 12.4. The first-order valence-corrected chi connectivity index (χ1v) is 6.52. The highest BCUT2D eigenvalue weighted by atomic mass is 16.2. The summed E-state index contributed by atoms with van der Waals surface area (Å²) in [4.78, 5) is 27.8. The molecule has 0 saturated carbocycles. The minimum atomic E-state index is -0.397. The number of hydrogen-bond acceptors (Lipinski definition) is 3. The summed E-state index contributed by atoms with van der Waals surface area (Å²) in [5.74, 6) is -0.0606. The van der Waals surface area contributed by atoms with E-state index >= 15 is 0 Å². The van der Waals surface area contributed by atoms with Crippen molar-refractivity contribution in [2.45, 2.75) is 34.2 Å². The van der Waals surface area contributed by atoms with Crippen molar-refractivity contribution in [1.29, 1.82) is 0 Å². The van der Waals surface area contributed by atoms with Gasteiger partial charge in [-0.05, 0) is 44.4 Å². The molecule has 0 atom stereocenters. The Morgan fingerprint density at radius 3 is 2.30 bits per heavy atom. The van der Waals surface area contributed by atoms with E-state index in [1.165, 1.54) is 10.8 Å². The summed E-state index contributed by atoms with van der Waals surface area (Å²) in [7, 11) is 0. The lowest BCUT2D eigenvalue weighted by Crippen LogP contribution is -2.26. The van der Waals surface area contributed by atoms with E-state index in [1.54, 1.807) is 6.20 Å². The van der Waals surface area contributed by atoms with Gasteiger partial charge in [0.15, 0.2) is 5.78 Å². The van der Waals surface area contributed by atoms with Crippen LogP contribution >= 0.6 is 0 Å². The molecule has 0 spiro atoms. The minimum absolute atomic E-state index is 0.0260. The lowest BCUT2D eigenvalue weighted by atomic mass is 9.96. The smallest absolute Gasteiger partial charge is 0.292 e. The first-order chi connectivity index (χ1) is 9.38. The van der Waals surface area contributed by atoms with Gasteiger partial charge in [0, 0.05) is 18.0 Å². The van der Waals surface area contributed by atoms with E-state index in [1.807, 2.05) is 39.8 Å². The quantitative estimate of drug-likeness (QED) is 0.804. The first kappa shape index (κ1) is 14.2. The summed E-state index contributed by atoms with van der Waals surface area (Å²) < 4.78 is 1.36. The average Bonchev–Trinajstić information content (AvgIpc) is 2.32. The van der Waals surface area contributed by atoms with Crippen LogP contribution in [0.5, 0.6) is 0 Å². The zero-order valence-electron chi connectivity index (χ0n) is 12.2. The molecule has 0 aliphatic heterocycles. The molecule has 0 N–H and O–H groups in total. The number of aromatic nitrogens is 2. The van der Waals surface area contributed by atoms with E-state index in [0.29, 0.717) is 5.56 Å². The van der Waals surface area contributed by atoms with Gasteiger partial charge in [-0.25, -0.2) is 9.78 Å². The van der Waals surface area contributed by atoms with E-state index < -0.39 is 5.69 Å². The van der Waals surface area contributed by atoms with Crippen molar-refractivity contribution in [3.63, 3.8) is 0 Å². The van der Waals surface area contributed by atoms with Gasteiger partial charge >= 0.3 is 5.69 Å². The van der Waals surface area contributed by atoms with E-state index in [0.717, 1.165) is 22.3 Å². The molecule has 0 fully saturated rings. The third-order valence-corrected chi connectivity index (χ3v) is 3.25. The molecule has 0 bridgehead atoms. The maximum Gasteiger partial charge on any atom is 0.347 e. The molecule has 1 heterocycles. The van der Waals surface area contributed by atoms with Crippen molar-refractivity contribution < 1.29 is 4.79 Å². The molecule has 0 aliphatic rings. The zero-order chi connectivity index (χ0) is 14.9. The Hall–Kier alpha value is -2.23. The minimum Gasteiger partial charge on any atom is -0.292 e. The van der Waals surface area contributed by atoms with Crippen molar-refractivity contribution in [1.82, 2.24) is 9.55 Å². The highest BCUT2D eigenvalue weighted by Crippen LogP contribution is 2.17. The molecule has 2 rings (SSSR count). The van der Waals surface area contributed by atoms with Crippen LogP contribution in [0, 0.1) is 27.7 Å². The summed E-state index contributed by atoms with van der Waals surface area (Å²) in [5.41, 5.74) is 4.18. The lowest BCUT2D eigenvalue weighted by Gasteiger charge is -2.11. The van der Waals surface area contributed by atoms with Crippen LogP contribution in [0.4, 0.5) is 0 Å². The molecular formula is C16H18N2O2. The van der Waals surface area contributed by atoms with Gasteiger partial charge in [-0.15, -0.1) is 0 Å². The lowest BCUT2D eigenvalue weighted by molar-refractivity contribution is 0.0969. The second-order valence-corrected chi connectivity index (χ2v) is 5.24. The number of Topliss-reactive ketones (excluding diaryl/α,β-unsaturated/α-hetero) is 1. The maximum absolute atomic E-state index is 12.4. The van der Waals surface area contributed by atoms with Gasteiger partial charge in [0.2, 0.25) is 0 Å². The molecule has 4 nitrogen and oxygen atoms in total. The van der Waals surface area contributed by atoms with Crippen molar-refractivity contribution in [2.75, 3.05) is 0 Å². The van der Waals surface area contributed by atoms with Crippen LogP contribution < -0.4 is 5.69 Å². The molecule has 1 aromatic carbocycles. The Morgan fingerprint density at radius 2 is 1.70 bits per heavy atom. The summed E-state index contributed by atoms with van der Waals surface area (Å²) in [6, 6.07) is 3.97. The fourth-order valence-electron chi connectivity index (χ4n) is 2.53. The Bertz CT molecular complexity index is 706. The van der Waals surface area contributed by atoms with Crippen molar-refractivity contribution in [2.24, 2.45) is 0 Å². The van der Waals surface area contributed by atoms with Crippen LogP contribution in [0.1, 0.15) is 32.6 Å². The van der Waals surface area contributed by atoms with Gasteiger partial charge in [0.1, 0.15) is 0 Å². The van der Waals surface area contributed by atoms with Crippen LogP contribution in [-0.2, 0) is 6.54 Å². The van der Waals surface area contributed by atoms with Crippen LogP contribution in [0.2, 0.25) is 0 Å². The van der Waals surface area contributed by atoms with Crippen LogP contribution in [-0.4, -0.2) is 15.3 Å². The molecule has 20 heavy (non-hydrogen) atoms. The zero-order valence-corrected chi connectivity index (χ0v) is 12.2. The van der Waals surface area contributed by atoms with E-state index in [4.69, 9.17) is 0 Å². The Balaban J connectivity index is 2.38. The van der Waals surface area contributed by atoms with Gasteiger partial charge in [-0.1, -0.05) is 17.7 Å². The Morgan fingerprint density at radius 1 is 1.10 bits per heavy atom. The number of carbonyl (C=O) groups is 1. The van der Waals surface area contributed by atoms with E-state index in [2.05, 4.69) is 4.98 Å². The molecule has 0 amide bonds. The third-order valence-electron chi connectivity index (χ3n) is 3.25. The second-order valence-electron chi connectivity index (χ2n) is 5.24. The third kappa shape index (κ3) is 2.85. The van der Waals surface area contributed by atoms with Crippen molar-refractivity contribution >= 4 is 5.78 Å². The molecule has 0 unspecified atom stereocenters. The van der Waals surface area contributed by atoms with Crippen LogP contribution in [0.15, 0.2) is 29.3 Å². The van der Waals surface area contributed by atoms with Gasteiger partial charge in [-0.2, -0.15) is 0 Å². The molecule has 0 aliphatic carbocycles. The van der Waals surface area contributed by atoms with Gasteiger partial charge < -0.3 is 0 Å². The molecule has 4 heteroatoms. The largest absolute Gasteiger partial charge is 0.347 e. The normalized spacial score (nSPS) is 10.6. The van der Waals surface area contributed by atoms with Gasteiger partial charge in [0.25, 0.3) is 0 Å². The van der Waals surface area contributed by atoms with Gasteiger partial charge in [0.05, 0.1) is 6.54 Å². The Kier molecular flexibility index (Phi) is 3.84. The van der Waals surface area contributed by atoms with E-state index in [-0.39, 0.29) is 12.3 Å².